The second-order valence-electron chi connectivity index (χ2n) is 6.09. The van der Waals surface area contributed by atoms with Gasteiger partial charge in [-0.25, -0.2) is 0 Å². The van der Waals surface area contributed by atoms with Crippen molar-refractivity contribution >= 4 is 33.7 Å². The number of nitriles is 1. The third-order valence-electron chi connectivity index (χ3n) is 4.28. The minimum Gasteiger partial charge on any atom is -0.507 e. The maximum atomic E-state index is 12.6. The van der Waals surface area contributed by atoms with Crippen molar-refractivity contribution in [1.82, 2.24) is 0 Å². The second kappa shape index (κ2) is 8.62. The number of methoxy groups -OCH3 is 1. The molecule has 0 spiro atoms. The maximum Gasteiger partial charge on any atom is 0.273 e. The van der Waals surface area contributed by atoms with Crippen LogP contribution in [0.4, 0.5) is 17.1 Å². The lowest BCUT2D eigenvalue weighted by Crippen LogP contribution is -2.14. The number of nitro benzene ring substituents is 1. The number of phenols is 1. The van der Waals surface area contributed by atoms with Crippen molar-refractivity contribution in [3.63, 3.8) is 0 Å². The van der Waals surface area contributed by atoms with Gasteiger partial charge >= 0.3 is 0 Å². The normalized spacial score (nSPS) is 10.9. The number of ether oxygens (including phenoxy) is 1. The summed E-state index contributed by atoms with van der Waals surface area (Å²) in [6.07, 6.45) is 1.18. The van der Waals surface area contributed by atoms with Crippen LogP contribution < -0.4 is 15.4 Å². The van der Waals surface area contributed by atoms with Crippen LogP contribution in [0.1, 0.15) is 0 Å². The lowest BCUT2D eigenvalue weighted by atomic mass is 10.1. The number of benzene rings is 3. The molecule has 0 aromatic heterocycles. The molecule has 0 aliphatic carbocycles. The molecule has 3 aromatic rings. The van der Waals surface area contributed by atoms with E-state index < -0.39 is 10.8 Å². The first-order valence-corrected chi connectivity index (χ1v) is 8.66. The molecule has 0 saturated carbocycles. The van der Waals surface area contributed by atoms with Gasteiger partial charge in [0, 0.05) is 28.7 Å². The first-order valence-electron chi connectivity index (χ1n) is 8.66. The Labute approximate surface area is 171 Å². The molecule has 1 amide bonds. The molecule has 150 valence electrons. The summed E-state index contributed by atoms with van der Waals surface area (Å²) in [5.74, 6) is -0.407. The van der Waals surface area contributed by atoms with Gasteiger partial charge in [-0.2, -0.15) is 5.26 Å². The lowest BCUT2D eigenvalue weighted by Gasteiger charge is -2.10. The number of phenolic OH excluding ortho intramolecular Hbond substituents is 1. The van der Waals surface area contributed by atoms with Gasteiger partial charge in [-0.05, 0) is 18.2 Å². The monoisotopic (exact) mass is 404 g/mol. The molecule has 0 atom stereocenters. The van der Waals surface area contributed by atoms with Gasteiger partial charge in [0.05, 0.1) is 23.8 Å². The van der Waals surface area contributed by atoms with E-state index in [1.807, 2.05) is 6.07 Å². The summed E-state index contributed by atoms with van der Waals surface area (Å²) in [4.78, 5) is 22.9. The minimum atomic E-state index is -0.665. The van der Waals surface area contributed by atoms with Crippen molar-refractivity contribution < 1.29 is 19.6 Å². The number of nitrogens with one attached hydrogen (secondary N) is 2. The molecule has 30 heavy (non-hydrogen) atoms. The Morgan fingerprint density at radius 3 is 2.60 bits per heavy atom. The first-order chi connectivity index (χ1) is 14.4. The van der Waals surface area contributed by atoms with Crippen molar-refractivity contribution in [2.75, 3.05) is 17.7 Å². The van der Waals surface area contributed by atoms with Crippen LogP contribution in [0.15, 0.2) is 66.4 Å². The SMILES string of the molecule is COc1cc([N+](=O)[O-])ccc1N/C=C(/C#N)C(=O)Nc1cccc2c(O)cccc12. The number of amides is 1. The summed E-state index contributed by atoms with van der Waals surface area (Å²) in [6.45, 7) is 0. The number of anilines is 2. The molecule has 0 radical (unpaired) electrons. The lowest BCUT2D eigenvalue weighted by molar-refractivity contribution is -0.384. The van der Waals surface area contributed by atoms with Crippen LogP contribution in [0.3, 0.4) is 0 Å². The molecule has 0 aliphatic heterocycles. The van der Waals surface area contributed by atoms with Gasteiger partial charge < -0.3 is 20.5 Å². The molecule has 0 fully saturated rings. The zero-order valence-electron chi connectivity index (χ0n) is 15.7. The molecule has 3 rings (SSSR count). The Balaban J connectivity index is 1.84. The topological polar surface area (TPSA) is 138 Å². The Morgan fingerprint density at radius 1 is 1.17 bits per heavy atom. The Morgan fingerprint density at radius 2 is 1.90 bits per heavy atom. The standard InChI is InChI=1S/C21H16N4O5/c1-30-20-10-14(25(28)29)8-9-18(20)23-12-13(11-22)21(27)24-17-6-2-5-16-15(17)4-3-7-19(16)26/h2-10,12,23,26H,1H3,(H,24,27)/b13-12-. The molecule has 0 bridgehead atoms. The quantitative estimate of drug-likeness (QED) is 0.245. The minimum absolute atomic E-state index is 0.0755. The van der Waals surface area contributed by atoms with Crippen molar-refractivity contribution in [1.29, 1.82) is 5.26 Å². The zero-order valence-corrected chi connectivity index (χ0v) is 15.7. The highest BCUT2D eigenvalue weighted by Gasteiger charge is 2.14. The van der Waals surface area contributed by atoms with Crippen LogP contribution >= 0.6 is 0 Å². The highest BCUT2D eigenvalue weighted by molar-refractivity contribution is 6.11. The number of aromatic hydroxyl groups is 1. The summed E-state index contributed by atoms with van der Waals surface area (Å²) in [5.41, 5.74) is 0.396. The first kappa shape index (κ1) is 20.2. The van der Waals surface area contributed by atoms with Gasteiger partial charge in [0.1, 0.15) is 23.1 Å². The average Bonchev–Trinajstić information content (AvgIpc) is 2.74. The molecular formula is C21H16N4O5. The number of fused-ring (bicyclic) bond motifs is 1. The van der Waals surface area contributed by atoms with Gasteiger partial charge in [-0.1, -0.05) is 24.3 Å². The maximum absolute atomic E-state index is 12.6. The predicted octanol–water partition coefficient (Wildman–Crippen LogP) is 3.92. The highest BCUT2D eigenvalue weighted by atomic mass is 16.6. The third kappa shape index (κ3) is 4.13. The van der Waals surface area contributed by atoms with Crippen LogP contribution in [0, 0.1) is 21.4 Å². The number of non-ortho nitro benzene ring substituents is 1. The molecular weight excluding hydrogens is 388 g/mol. The second-order valence-corrected chi connectivity index (χ2v) is 6.09. The smallest absolute Gasteiger partial charge is 0.273 e. The fourth-order valence-corrected chi connectivity index (χ4v) is 2.80. The summed E-state index contributed by atoms with van der Waals surface area (Å²) in [5, 5.41) is 36.8. The van der Waals surface area contributed by atoms with E-state index in [-0.39, 0.29) is 22.8 Å². The van der Waals surface area contributed by atoms with Crippen LogP contribution in [-0.4, -0.2) is 23.0 Å². The molecule has 9 heteroatoms. The fraction of sp³-hybridized carbons (Fsp3) is 0.0476. The van der Waals surface area contributed by atoms with Gasteiger partial charge in [0.2, 0.25) is 0 Å². The van der Waals surface area contributed by atoms with E-state index in [0.29, 0.717) is 22.1 Å². The van der Waals surface area contributed by atoms with E-state index in [2.05, 4.69) is 10.6 Å². The van der Waals surface area contributed by atoms with Crippen LogP contribution in [0.25, 0.3) is 10.8 Å². The van der Waals surface area contributed by atoms with E-state index >= 15 is 0 Å². The van der Waals surface area contributed by atoms with E-state index in [0.717, 1.165) is 0 Å². The van der Waals surface area contributed by atoms with E-state index in [9.17, 15) is 25.3 Å². The number of carbonyl (C=O) groups excluding carboxylic acids is 1. The zero-order chi connectivity index (χ0) is 21.7. The third-order valence-corrected chi connectivity index (χ3v) is 4.28. The molecule has 0 saturated heterocycles. The van der Waals surface area contributed by atoms with E-state index in [1.54, 1.807) is 30.3 Å². The molecule has 0 aliphatic rings. The number of hydrogen-bond donors (Lipinski definition) is 3. The van der Waals surface area contributed by atoms with Crippen LogP contribution in [0.5, 0.6) is 11.5 Å². The van der Waals surface area contributed by atoms with Crippen LogP contribution in [-0.2, 0) is 4.79 Å². The average molecular weight is 404 g/mol. The van der Waals surface area contributed by atoms with Crippen molar-refractivity contribution in [2.24, 2.45) is 0 Å². The molecule has 3 N–H and O–H groups in total. The summed E-state index contributed by atoms with van der Waals surface area (Å²) >= 11 is 0. The van der Waals surface area contributed by atoms with Gasteiger partial charge in [-0.3, -0.25) is 14.9 Å². The van der Waals surface area contributed by atoms with Crippen molar-refractivity contribution in [3.8, 4) is 17.6 Å². The molecule has 0 heterocycles. The summed E-state index contributed by atoms with van der Waals surface area (Å²) in [6, 6.07) is 15.7. The van der Waals surface area contributed by atoms with Gasteiger partial charge in [0.25, 0.3) is 11.6 Å². The van der Waals surface area contributed by atoms with Crippen molar-refractivity contribution in [3.05, 3.63) is 76.5 Å². The van der Waals surface area contributed by atoms with Crippen molar-refractivity contribution in [2.45, 2.75) is 0 Å². The number of rotatable bonds is 6. The highest BCUT2D eigenvalue weighted by Crippen LogP contribution is 2.31. The summed E-state index contributed by atoms with van der Waals surface area (Å²) in [7, 11) is 1.35. The Hall–Kier alpha value is -4.58. The number of carbonyl (C=O) groups is 1. The van der Waals surface area contributed by atoms with Crippen LogP contribution in [0.2, 0.25) is 0 Å². The predicted molar refractivity (Wildman–Crippen MR) is 111 cm³/mol. The Bertz CT molecular complexity index is 1210. The number of hydrogen-bond acceptors (Lipinski definition) is 7. The van der Waals surface area contributed by atoms with Gasteiger partial charge in [0.15, 0.2) is 0 Å². The fourth-order valence-electron chi connectivity index (χ4n) is 2.80. The number of nitrogens with zero attached hydrogens (tertiary/aromatic N) is 2. The molecule has 3 aromatic carbocycles. The largest absolute Gasteiger partial charge is 0.507 e. The Kier molecular flexibility index (Phi) is 5.79. The molecule has 0 unspecified atom stereocenters. The van der Waals surface area contributed by atoms with E-state index in [1.165, 1.54) is 37.6 Å². The van der Waals surface area contributed by atoms with Gasteiger partial charge in [-0.15, -0.1) is 0 Å². The van der Waals surface area contributed by atoms with E-state index in [4.69, 9.17) is 4.74 Å². The summed E-state index contributed by atoms with van der Waals surface area (Å²) < 4.78 is 5.11. The molecule has 9 nitrogen and oxygen atoms in total. The number of nitro groups is 1.